The number of ketones is 1. The smallest absolute Gasteiger partial charge is 0.187 e. The number of carbonyl (C=O) groups is 1. The number of ether oxygens (including phenoxy) is 6. The number of hydrogen-bond acceptors (Lipinski definition) is 17. The first-order valence-corrected chi connectivity index (χ1v) is 20.6. The maximum absolute atomic E-state index is 12.6. The van der Waals surface area contributed by atoms with Gasteiger partial charge in [0.05, 0.1) is 25.9 Å². The highest BCUT2D eigenvalue weighted by atomic mass is 16.8. The summed E-state index contributed by atoms with van der Waals surface area (Å²) in [4.78, 5) is 12.6. The fraction of sp³-hybridized carbons (Fsp3) is 0.974. The second kappa shape index (κ2) is 16.8. The Bertz CT molecular complexity index is 1350. The van der Waals surface area contributed by atoms with Gasteiger partial charge < -0.3 is 79.5 Å². The van der Waals surface area contributed by atoms with Gasteiger partial charge in [0.25, 0.3) is 0 Å². The molecule has 7 fully saturated rings. The molecule has 0 bridgehead atoms. The minimum absolute atomic E-state index is 0.0548. The third-order valence-corrected chi connectivity index (χ3v) is 15.5. The lowest BCUT2D eigenvalue weighted by molar-refractivity contribution is -0.378. The van der Waals surface area contributed by atoms with Crippen LogP contribution in [-0.4, -0.2) is 175 Å². The van der Waals surface area contributed by atoms with E-state index in [2.05, 4.69) is 13.8 Å². The largest absolute Gasteiger partial charge is 0.394 e. The number of hydrogen-bond donors (Lipinski definition) is 10. The lowest BCUT2D eigenvalue weighted by Crippen LogP contribution is -2.65. The SMILES string of the molecule is CC(=O)[C@H]1CC[C@H]2[C@@H]3CC[C@H]4C[C@@H](O[C@@H]5O[C@H](CO[C@@H]6O[C@H](CO)[C@@H](O)[C@H](O)[C@H]6O)[C@@H](O)[C@H](O)[C@H]5O[C@@H]5O[C@H](CO)[C@@H](O)[C@H](O)[C@H]5O)CC[C@]4(C)[C@H]3CC[C@]12C. The Hall–Kier alpha value is -0.970. The average molecular weight is 805 g/mol. The first-order chi connectivity index (χ1) is 26.5. The molecule has 7 aliphatic rings. The van der Waals surface area contributed by atoms with Gasteiger partial charge in [0, 0.05) is 5.92 Å². The molecule has 56 heavy (non-hydrogen) atoms. The predicted octanol–water partition coefficient (Wildman–Crippen LogP) is -1.93. The van der Waals surface area contributed by atoms with Crippen molar-refractivity contribution in [2.45, 2.75) is 177 Å². The Labute approximate surface area is 326 Å². The average Bonchev–Trinajstić information content (AvgIpc) is 3.54. The van der Waals surface area contributed by atoms with E-state index >= 15 is 0 Å². The zero-order chi connectivity index (χ0) is 40.4. The van der Waals surface area contributed by atoms with E-state index < -0.39 is 112 Å². The highest BCUT2D eigenvalue weighted by Crippen LogP contribution is 2.67. The summed E-state index contributed by atoms with van der Waals surface area (Å²) in [5.41, 5.74) is 0.120. The van der Waals surface area contributed by atoms with Crippen molar-refractivity contribution in [1.82, 2.24) is 0 Å². The van der Waals surface area contributed by atoms with E-state index in [4.69, 9.17) is 28.4 Å². The van der Waals surface area contributed by atoms with Crippen molar-refractivity contribution in [3.8, 4) is 0 Å². The topological polar surface area (TPSA) is 275 Å². The minimum atomic E-state index is -1.81. The van der Waals surface area contributed by atoms with Gasteiger partial charge in [0.1, 0.15) is 79.0 Å². The Morgan fingerprint density at radius 2 is 1.18 bits per heavy atom. The molecule has 3 saturated heterocycles. The van der Waals surface area contributed by atoms with E-state index in [0.29, 0.717) is 42.3 Å². The zero-order valence-corrected chi connectivity index (χ0v) is 32.4. The van der Waals surface area contributed by atoms with Crippen LogP contribution in [0, 0.1) is 40.4 Å². The standard InChI is InChI=1S/C39H64O17/c1-16(42)20-6-7-21-19-5-4-17-12-18(8-10-38(17,2)22(19)9-11-39(20,21)3)52-37-34(56-36-33(50)30(47)27(44)24(14-41)54-36)31(48)28(45)25(55-37)15-51-35-32(49)29(46)26(43)23(13-40)53-35/h17-37,40-41,43-50H,4-15H2,1-3H3/t17-,18-,19-,20+,21-,22-,23+,24+,25+,26+,27+,28+,29-,30-,31-,32+,33+,34+,35+,36-,37+,38-,39+/m0/s1. The quantitative estimate of drug-likeness (QED) is 0.108. The Balaban J connectivity index is 1.07. The minimum Gasteiger partial charge on any atom is -0.394 e. The van der Waals surface area contributed by atoms with E-state index in [1.54, 1.807) is 6.92 Å². The second-order valence-corrected chi connectivity index (χ2v) is 18.3. The van der Waals surface area contributed by atoms with Gasteiger partial charge in [0.15, 0.2) is 18.9 Å². The van der Waals surface area contributed by atoms with E-state index in [9.17, 15) is 55.9 Å². The lowest BCUT2D eigenvalue weighted by Gasteiger charge is -2.61. The molecule has 7 rings (SSSR count). The molecular formula is C39H64O17. The van der Waals surface area contributed by atoms with Crippen LogP contribution >= 0.6 is 0 Å². The van der Waals surface area contributed by atoms with Gasteiger partial charge in [-0.1, -0.05) is 13.8 Å². The van der Waals surface area contributed by atoms with Crippen molar-refractivity contribution in [1.29, 1.82) is 0 Å². The highest BCUT2D eigenvalue weighted by Gasteiger charge is 2.61. The van der Waals surface area contributed by atoms with Gasteiger partial charge in [-0.25, -0.2) is 0 Å². The van der Waals surface area contributed by atoms with Crippen molar-refractivity contribution in [2.24, 2.45) is 40.4 Å². The molecule has 4 aliphatic carbocycles. The zero-order valence-electron chi connectivity index (χ0n) is 32.4. The fourth-order valence-corrected chi connectivity index (χ4v) is 12.2. The molecule has 0 radical (unpaired) electrons. The molecule has 0 spiro atoms. The van der Waals surface area contributed by atoms with Crippen LogP contribution < -0.4 is 0 Å². The summed E-state index contributed by atoms with van der Waals surface area (Å²) >= 11 is 0. The molecule has 0 aromatic heterocycles. The molecule has 23 atom stereocenters. The summed E-state index contributed by atoms with van der Waals surface area (Å²) in [5, 5.41) is 105. The summed E-state index contributed by atoms with van der Waals surface area (Å²) in [5.74, 6) is 2.40. The van der Waals surface area contributed by atoms with Crippen molar-refractivity contribution < 1.29 is 84.3 Å². The Morgan fingerprint density at radius 1 is 0.607 bits per heavy atom. The third-order valence-electron chi connectivity index (χ3n) is 15.5. The van der Waals surface area contributed by atoms with Gasteiger partial charge >= 0.3 is 0 Å². The molecular weight excluding hydrogens is 740 g/mol. The number of fused-ring (bicyclic) bond motifs is 5. The number of aliphatic hydroxyl groups is 10. The maximum Gasteiger partial charge on any atom is 0.187 e. The first kappa shape index (κ1) is 43.1. The molecule has 0 aromatic rings. The molecule has 3 heterocycles. The van der Waals surface area contributed by atoms with Crippen molar-refractivity contribution in [3.05, 3.63) is 0 Å². The molecule has 0 unspecified atom stereocenters. The van der Waals surface area contributed by atoms with Crippen LogP contribution in [0.3, 0.4) is 0 Å². The molecule has 17 nitrogen and oxygen atoms in total. The highest BCUT2D eigenvalue weighted by molar-refractivity contribution is 5.79. The van der Waals surface area contributed by atoms with E-state index in [-0.39, 0.29) is 22.9 Å². The predicted molar refractivity (Wildman–Crippen MR) is 190 cm³/mol. The molecule has 17 heteroatoms. The van der Waals surface area contributed by atoms with E-state index in [1.807, 2.05) is 0 Å². The monoisotopic (exact) mass is 804 g/mol. The summed E-state index contributed by atoms with van der Waals surface area (Å²) in [6.45, 7) is 4.59. The van der Waals surface area contributed by atoms with Crippen molar-refractivity contribution in [2.75, 3.05) is 19.8 Å². The lowest BCUT2D eigenvalue weighted by atomic mass is 9.44. The van der Waals surface area contributed by atoms with Crippen LogP contribution in [-0.2, 0) is 33.2 Å². The summed E-state index contributed by atoms with van der Waals surface area (Å²) in [6, 6.07) is 0. The third kappa shape index (κ3) is 7.53. The number of aliphatic hydroxyl groups excluding tert-OH is 10. The van der Waals surface area contributed by atoms with E-state index in [0.717, 1.165) is 44.9 Å². The van der Waals surface area contributed by atoms with Crippen LogP contribution in [0.4, 0.5) is 0 Å². The van der Waals surface area contributed by atoms with Crippen molar-refractivity contribution >= 4 is 5.78 Å². The first-order valence-electron chi connectivity index (χ1n) is 20.6. The Morgan fingerprint density at radius 3 is 1.82 bits per heavy atom. The number of rotatable bonds is 10. The number of carbonyl (C=O) groups excluding carboxylic acids is 1. The van der Waals surface area contributed by atoms with Gasteiger partial charge in [-0.3, -0.25) is 4.79 Å². The van der Waals surface area contributed by atoms with Crippen LogP contribution in [0.25, 0.3) is 0 Å². The van der Waals surface area contributed by atoms with Crippen LogP contribution in [0.15, 0.2) is 0 Å². The second-order valence-electron chi connectivity index (χ2n) is 18.3. The van der Waals surface area contributed by atoms with Crippen molar-refractivity contribution in [3.63, 3.8) is 0 Å². The maximum atomic E-state index is 12.6. The van der Waals surface area contributed by atoms with Crippen LogP contribution in [0.2, 0.25) is 0 Å². The summed E-state index contributed by atoms with van der Waals surface area (Å²) in [6.07, 6.45) is -15.6. The van der Waals surface area contributed by atoms with Crippen LogP contribution in [0.5, 0.6) is 0 Å². The molecule has 3 aliphatic heterocycles. The molecule has 4 saturated carbocycles. The molecule has 0 aromatic carbocycles. The van der Waals surface area contributed by atoms with Gasteiger partial charge in [-0.2, -0.15) is 0 Å². The Kier molecular flexibility index (Phi) is 13.0. The summed E-state index contributed by atoms with van der Waals surface area (Å²) in [7, 11) is 0. The van der Waals surface area contributed by atoms with Crippen LogP contribution in [0.1, 0.15) is 78.6 Å². The van der Waals surface area contributed by atoms with E-state index in [1.165, 1.54) is 0 Å². The molecule has 322 valence electrons. The molecule has 0 amide bonds. The molecule has 10 N–H and O–H groups in total. The van der Waals surface area contributed by atoms with Gasteiger partial charge in [-0.05, 0) is 99.2 Å². The summed E-state index contributed by atoms with van der Waals surface area (Å²) < 4.78 is 35.5. The normalized spacial score (nSPS) is 54.8. The van der Waals surface area contributed by atoms with Gasteiger partial charge in [-0.15, -0.1) is 0 Å². The fourth-order valence-electron chi connectivity index (χ4n) is 12.2. The van der Waals surface area contributed by atoms with Gasteiger partial charge in [0.2, 0.25) is 0 Å². The number of Topliss-reactive ketones (excluding diaryl/α,β-unsaturated/α-hetero) is 1.